The van der Waals surface area contributed by atoms with E-state index in [1.54, 1.807) is 11.0 Å². The highest BCUT2D eigenvalue weighted by Crippen LogP contribution is 2.23. The molecule has 3 rings (SSSR count). The molecule has 0 saturated heterocycles. The van der Waals surface area contributed by atoms with Crippen molar-refractivity contribution < 1.29 is 9.59 Å². The molecule has 0 bridgehead atoms. The molecule has 1 aromatic carbocycles. The molecule has 1 aliphatic rings. The molecule has 1 saturated carbocycles. The predicted octanol–water partition coefficient (Wildman–Crippen LogP) is 2.14. The van der Waals surface area contributed by atoms with Gasteiger partial charge in [-0.3, -0.25) is 9.59 Å². The molecular formula is C19H25N5O2. The third kappa shape index (κ3) is 4.68. The van der Waals surface area contributed by atoms with Gasteiger partial charge in [-0.2, -0.15) is 5.10 Å². The SMILES string of the molecule is C[C@H](NC(=O)CNC(=O)C1CCCCC1)c1ccc(-n2cncn2)cc1. The largest absolute Gasteiger partial charge is 0.348 e. The Morgan fingerprint density at radius 1 is 1.19 bits per heavy atom. The summed E-state index contributed by atoms with van der Waals surface area (Å²) in [6.45, 7) is 1.95. The Morgan fingerprint density at radius 2 is 1.92 bits per heavy atom. The Morgan fingerprint density at radius 3 is 2.58 bits per heavy atom. The molecule has 138 valence electrons. The van der Waals surface area contributed by atoms with E-state index in [9.17, 15) is 9.59 Å². The third-order valence-electron chi connectivity index (χ3n) is 4.85. The van der Waals surface area contributed by atoms with E-state index in [0.29, 0.717) is 0 Å². The summed E-state index contributed by atoms with van der Waals surface area (Å²) in [5, 5.41) is 9.77. The van der Waals surface area contributed by atoms with Crippen LogP contribution < -0.4 is 10.6 Å². The Labute approximate surface area is 153 Å². The van der Waals surface area contributed by atoms with E-state index in [0.717, 1.165) is 36.9 Å². The fourth-order valence-electron chi connectivity index (χ4n) is 3.31. The van der Waals surface area contributed by atoms with E-state index in [-0.39, 0.29) is 30.3 Å². The molecule has 2 amide bonds. The van der Waals surface area contributed by atoms with Gasteiger partial charge in [0.05, 0.1) is 18.3 Å². The van der Waals surface area contributed by atoms with Crippen molar-refractivity contribution in [2.45, 2.75) is 45.1 Å². The van der Waals surface area contributed by atoms with Crippen molar-refractivity contribution in [1.29, 1.82) is 0 Å². The number of aromatic nitrogens is 3. The maximum atomic E-state index is 12.1. The lowest BCUT2D eigenvalue weighted by Crippen LogP contribution is -2.40. The van der Waals surface area contributed by atoms with Gasteiger partial charge in [-0.15, -0.1) is 0 Å². The highest BCUT2D eigenvalue weighted by Gasteiger charge is 2.21. The average Bonchev–Trinajstić information content (AvgIpc) is 3.21. The van der Waals surface area contributed by atoms with E-state index >= 15 is 0 Å². The fourth-order valence-corrected chi connectivity index (χ4v) is 3.31. The van der Waals surface area contributed by atoms with Crippen molar-refractivity contribution in [2.75, 3.05) is 6.54 Å². The zero-order valence-electron chi connectivity index (χ0n) is 15.0. The van der Waals surface area contributed by atoms with Crippen LogP contribution in [0.25, 0.3) is 5.69 Å². The molecule has 0 unspecified atom stereocenters. The Hall–Kier alpha value is -2.70. The summed E-state index contributed by atoms with van der Waals surface area (Å²) in [6.07, 6.45) is 8.40. The number of carbonyl (C=O) groups excluding carboxylic acids is 2. The van der Waals surface area contributed by atoms with Crippen LogP contribution in [0, 0.1) is 5.92 Å². The van der Waals surface area contributed by atoms with Crippen LogP contribution in [0.5, 0.6) is 0 Å². The first-order chi connectivity index (χ1) is 12.6. The van der Waals surface area contributed by atoms with Crippen molar-refractivity contribution in [1.82, 2.24) is 25.4 Å². The lowest BCUT2D eigenvalue weighted by molar-refractivity contribution is -0.129. The number of benzene rings is 1. The summed E-state index contributed by atoms with van der Waals surface area (Å²) < 4.78 is 1.67. The normalized spacial score (nSPS) is 16.0. The van der Waals surface area contributed by atoms with Crippen LogP contribution in [0.4, 0.5) is 0 Å². The number of hydrogen-bond donors (Lipinski definition) is 2. The minimum absolute atomic E-state index is 0.00434. The molecule has 1 aromatic heterocycles. The van der Waals surface area contributed by atoms with E-state index in [1.165, 1.54) is 12.7 Å². The minimum atomic E-state index is -0.179. The summed E-state index contributed by atoms with van der Waals surface area (Å²) in [5.74, 6) is -0.106. The molecule has 1 aliphatic carbocycles. The number of rotatable bonds is 6. The maximum Gasteiger partial charge on any atom is 0.239 e. The third-order valence-corrected chi connectivity index (χ3v) is 4.85. The van der Waals surface area contributed by atoms with Crippen LogP contribution in [0.2, 0.25) is 0 Å². The molecule has 0 radical (unpaired) electrons. The standard InChI is InChI=1S/C19H25N5O2/c1-14(15-7-9-17(10-8-15)24-13-20-12-22-24)23-18(25)11-21-19(26)16-5-3-2-4-6-16/h7-10,12-14,16H,2-6,11H2,1H3,(H,21,26)(H,23,25)/t14-/m0/s1. The van der Waals surface area contributed by atoms with E-state index < -0.39 is 0 Å². The second kappa shape index (κ2) is 8.60. The zero-order chi connectivity index (χ0) is 18.4. The van der Waals surface area contributed by atoms with Gasteiger partial charge >= 0.3 is 0 Å². The molecule has 2 aromatic rings. The monoisotopic (exact) mass is 355 g/mol. The van der Waals surface area contributed by atoms with Gasteiger partial charge in [-0.25, -0.2) is 9.67 Å². The van der Waals surface area contributed by atoms with Crippen LogP contribution in [0.1, 0.15) is 50.6 Å². The fraction of sp³-hybridized carbons (Fsp3) is 0.474. The van der Waals surface area contributed by atoms with Gasteiger partial charge in [0.1, 0.15) is 12.7 Å². The second-order valence-corrected chi connectivity index (χ2v) is 6.77. The number of amides is 2. The van der Waals surface area contributed by atoms with E-state index in [4.69, 9.17) is 0 Å². The summed E-state index contributed by atoms with van der Waals surface area (Å²) >= 11 is 0. The first kappa shape index (κ1) is 18.1. The van der Waals surface area contributed by atoms with Crippen LogP contribution in [-0.4, -0.2) is 33.1 Å². The Balaban J connectivity index is 1.47. The van der Waals surface area contributed by atoms with Crippen molar-refractivity contribution >= 4 is 11.8 Å². The number of nitrogens with one attached hydrogen (secondary N) is 2. The molecule has 7 heteroatoms. The van der Waals surface area contributed by atoms with E-state index in [2.05, 4.69) is 20.7 Å². The first-order valence-electron chi connectivity index (χ1n) is 9.15. The quantitative estimate of drug-likeness (QED) is 0.831. The van der Waals surface area contributed by atoms with Crippen LogP contribution >= 0.6 is 0 Å². The van der Waals surface area contributed by atoms with Gasteiger partial charge in [0.15, 0.2) is 0 Å². The van der Waals surface area contributed by atoms with Gasteiger partial charge in [0, 0.05) is 5.92 Å². The Bertz CT molecular complexity index is 721. The van der Waals surface area contributed by atoms with Crippen molar-refractivity contribution in [3.05, 3.63) is 42.5 Å². The first-order valence-corrected chi connectivity index (χ1v) is 9.15. The van der Waals surface area contributed by atoms with Crippen molar-refractivity contribution in [2.24, 2.45) is 5.92 Å². The number of nitrogens with zero attached hydrogens (tertiary/aromatic N) is 3. The molecule has 7 nitrogen and oxygen atoms in total. The van der Waals surface area contributed by atoms with Gasteiger partial charge in [0.2, 0.25) is 11.8 Å². The number of hydrogen-bond acceptors (Lipinski definition) is 4. The average molecular weight is 355 g/mol. The second-order valence-electron chi connectivity index (χ2n) is 6.77. The van der Waals surface area contributed by atoms with Crippen molar-refractivity contribution in [3.63, 3.8) is 0 Å². The van der Waals surface area contributed by atoms with Crippen molar-refractivity contribution in [3.8, 4) is 5.69 Å². The molecule has 1 fully saturated rings. The summed E-state index contributed by atoms with van der Waals surface area (Å²) in [5.41, 5.74) is 1.89. The zero-order valence-corrected chi connectivity index (χ0v) is 15.0. The Kier molecular flexibility index (Phi) is 5.99. The molecule has 1 heterocycles. The molecule has 26 heavy (non-hydrogen) atoms. The minimum Gasteiger partial charge on any atom is -0.348 e. The molecule has 0 spiro atoms. The topological polar surface area (TPSA) is 88.9 Å². The molecule has 2 N–H and O–H groups in total. The maximum absolute atomic E-state index is 12.1. The highest BCUT2D eigenvalue weighted by atomic mass is 16.2. The predicted molar refractivity (Wildman–Crippen MR) is 97.5 cm³/mol. The smallest absolute Gasteiger partial charge is 0.239 e. The summed E-state index contributed by atoms with van der Waals surface area (Å²) in [7, 11) is 0. The van der Waals surface area contributed by atoms with E-state index in [1.807, 2.05) is 31.2 Å². The van der Waals surface area contributed by atoms with Gasteiger partial charge < -0.3 is 10.6 Å². The van der Waals surface area contributed by atoms with Gasteiger partial charge in [0.25, 0.3) is 0 Å². The molecular weight excluding hydrogens is 330 g/mol. The highest BCUT2D eigenvalue weighted by molar-refractivity contribution is 5.86. The molecule has 0 aliphatic heterocycles. The lowest BCUT2D eigenvalue weighted by atomic mass is 9.89. The van der Waals surface area contributed by atoms with Gasteiger partial charge in [-0.05, 0) is 37.5 Å². The summed E-state index contributed by atoms with van der Waals surface area (Å²) in [4.78, 5) is 28.1. The number of carbonyl (C=O) groups is 2. The van der Waals surface area contributed by atoms with Gasteiger partial charge in [-0.1, -0.05) is 31.4 Å². The molecule has 1 atom stereocenters. The summed E-state index contributed by atoms with van der Waals surface area (Å²) in [6, 6.07) is 7.61. The van der Waals surface area contributed by atoms with Crippen LogP contribution in [-0.2, 0) is 9.59 Å². The van der Waals surface area contributed by atoms with Crippen LogP contribution in [0.3, 0.4) is 0 Å². The van der Waals surface area contributed by atoms with Crippen LogP contribution in [0.15, 0.2) is 36.9 Å². The lowest BCUT2D eigenvalue weighted by Gasteiger charge is -2.21.